The van der Waals surface area contributed by atoms with Crippen LogP contribution in [0.15, 0.2) is 64.4 Å². The zero-order chi connectivity index (χ0) is 16.1. The summed E-state index contributed by atoms with van der Waals surface area (Å²) in [6, 6.07) is 18.1. The molecule has 2 aromatic carbocycles. The van der Waals surface area contributed by atoms with Crippen molar-refractivity contribution >= 4 is 23.4 Å². The van der Waals surface area contributed by atoms with Gasteiger partial charge in [0, 0.05) is 9.79 Å². The third kappa shape index (κ3) is 4.15. The Morgan fingerprint density at radius 1 is 1.04 bits per heavy atom. The molecule has 0 spiro atoms. The third-order valence-electron chi connectivity index (χ3n) is 4.18. The number of anilines is 1. The summed E-state index contributed by atoms with van der Waals surface area (Å²) in [6.07, 6.45) is 2.39. The smallest absolute Gasteiger partial charge is 0.241 e. The van der Waals surface area contributed by atoms with Crippen LogP contribution in [0.5, 0.6) is 0 Å². The van der Waals surface area contributed by atoms with Crippen molar-refractivity contribution in [2.75, 3.05) is 18.4 Å². The monoisotopic (exact) mass is 326 g/mol. The molecule has 1 aliphatic heterocycles. The molecule has 1 heterocycles. The molecule has 1 fully saturated rings. The molecule has 1 N–H and O–H groups in total. The molecule has 1 saturated heterocycles. The fraction of sp³-hybridized carbons (Fsp3) is 0.316. The molecule has 23 heavy (non-hydrogen) atoms. The lowest BCUT2D eigenvalue weighted by atomic mass is 10.2. The predicted molar refractivity (Wildman–Crippen MR) is 95.9 cm³/mol. The van der Waals surface area contributed by atoms with Crippen LogP contribution < -0.4 is 5.32 Å². The molecule has 4 heteroatoms. The van der Waals surface area contributed by atoms with Gasteiger partial charge in [-0.1, -0.05) is 42.1 Å². The molecule has 0 unspecified atom stereocenters. The largest absolute Gasteiger partial charge is 0.324 e. The highest BCUT2D eigenvalue weighted by Gasteiger charge is 2.24. The molecule has 120 valence electrons. The lowest BCUT2D eigenvalue weighted by Crippen LogP contribution is -2.40. The van der Waals surface area contributed by atoms with Crippen molar-refractivity contribution in [1.82, 2.24) is 4.90 Å². The van der Waals surface area contributed by atoms with Gasteiger partial charge in [0.1, 0.15) is 0 Å². The van der Waals surface area contributed by atoms with E-state index in [0.717, 1.165) is 23.7 Å². The van der Waals surface area contributed by atoms with Gasteiger partial charge in [0.15, 0.2) is 0 Å². The predicted octanol–water partition coefficient (Wildman–Crippen LogP) is 4.26. The highest BCUT2D eigenvalue weighted by Crippen LogP contribution is 2.33. The van der Waals surface area contributed by atoms with E-state index in [1.54, 1.807) is 11.8 Å². The molecule has 1 atom stereocenters. The molecule has 0 bridgehead atoms. The third-order valence-corrected chi connectivity index (χ3v) is 5.27. The van der Waals surface area contributed by atoms with Crippen LogP contribution in [0.4, 0.5) is 5.69 Å². The normalized spacial score (nSPS) is 16.2. The van der Waals surface area contributed by atoms with E-state index in [4.69, 9.17) is 0 Å². The summed E-state index contributed by atoms with van der Waals surface area (Å²) in [6.45, 7) is 4.04. The molecule has 0 saturated carbocycles. The first-order valence-corrected chi connectivity index (χ1v) is 8.92. The summed E-state index contributed by atoms with van der Waals surface area (Å²) < 4.78 is 0. The van der Waals surface area contributed by atoms with E-state index in [9.17, 15) is 4.79 Å². The van der Waals surface area contributed by atoms with Gasteiger partial charge in [0.25, 0.3) is 0 Å². The minimum Gasteiger partial charge on any atom is -0.324 e. The number of nitrogens with one attached hydrogen (secondary N) is 1. The Morgan fingerprint density at radius 2 is 1.70 bits per heavy atom. The lowest BCUT2D eigenvalue weighted by molar-refractivity contribution is -0.120. The number of benzene rings is 2. The van der Waals surface area contributed by atoms with Crippen LogP contribution in [0.25, 0.3) is 0 Å². The van der Waals surface area contributed by atoms with Gasteiger partial charge in [0.05, 0.1) is 11.7 Å². The van der Waals surface area contributed by atoms with Crippen LogP contribution in [0.2, 0.25) is 0 Å². The standard InChI is InChI=1S/C19H22N2OS/c1-15(21-13-7-8-14-21)19(22)20-17-11-5-6-12-18(17)23-16-9-3-2-4-10-16/h2-6,9-12,15H,7-8,13-14H2,1H3,(H,20,22)/t15-/m1/s1. The van der Waals surface area contributed by atoms with Gasteiger partial charge in [-0.3, -0.25) is 9.69 Å². The minimum absolute atomic E-state index is 0.0766. The average Bonchev–Trinajstić information content (AvgIpc) is 3.11. The van der Waals surface area contributed by atoms with E-state index < -0.39 is 0 Å². The molecule has 0 aromatic heterocycles. The van der Waals surface area contributed by atoms with Gasteiger partial charge in [-0.05, 0) is 57.1 Å². The molecule has 1 amide bonds. The summed E-state index contributed by atoms with van der Waals surface area (Å²) in [5, 5.41) is 3.11. The Hall–Kier alpha value is -1.78. The molecule has 0 radical (unpaired) electrons. The zero-order valence-electron chi connectivity index (χ0n) is 13.4. The first-order valence-electron chi connectivity index (χ1n) is 8.11. The van der Waals surface area contributed by atoms with Crippen molar-refractivity contribution in [2.24, 2.45) is 0 Å². The van der Waals surface area contributed by atoms with Gasteiger partial charge in [0.2, 0.25) is 5.91 Å². The van der Waals surface area contributed by atoms with Gasteiger partial charge in [-0.15, -0.1) is 0 Å². The van der Waals surface area contributed by atoms with Crippen molar-refractivity contribution in [1.29, 1.82) is 0 Å². The van der Waals surface area contributed by atoms with Crippen molar-refractivity contribution < 1.29 is 4.79 Å². The maximum atomic E-state index is 12.5. The Bertz CT molecular complexity index is 653. The van der Waals surface area contributed by atoms with Crippen molar-refractivity contribution in [3.63, 3.8) is 0 Å². The second-order valence-electron chi connectivity index (χ2n) is 5.82. The molecular formula is C19H22N2OS. The van der Waals surface area contributed by atoms with Crippen molar-refractivity contribution in [3.05, 3.63) is 54.6 Å². The van der Waals surface area contributed by atoms with Gasteiger partial charge in [-0.25, -0.2) is 0 Å². The SMILES string of the molecule is C[C@H](C(=O)Nc1ccccc1Sc1ccccc1)N1CCCC1. The average molecular weight is 326 g/mol. The van der Waals surface area contributed by atoms with E-state index in [1.165, 1.54) is 17.7 Å². The number of hydrogen-bond acceptors (Lipinski definition) is 3. The quantitative estimate of drug-likeness (QED) is 0.891. The number of carbonyl (C=O) groups excluding carboxylic acids is 1. The summed E-state index contributed by atoms with van der Waals surface area (Å²) in [4.78, 5) is 17.0. The summed E-state index contributed by atoms with van der Waals surface area (Å²) in [5.41, 5.74) is 0.886. The van der Waals surface area contributed by atoms with Gasteiger partial charge in [-0.2, -0.15) is 0 Å². The maximum absolute atomic E-state index is 12.5. The molecule has 2 aromatic rings. The molecule has 0 aliphatic carbocycles. The maximum Gasteiger partial charge on any atom is 0.241 e. The van der Waals surface area contributed by atoms with Crippen molar-refractivity contribution in [3.8, 4) is 0 Å². The molecule has 1 aliphatic rings. The fourth-order valence-electron chi connectivity index (χ4n) is 2.81. The highest BCUT2D eigenvalue weighted by molar-refractivity contribution is 7.99. The Balaban J connectivity index is 1.71. The van der Waals surface area contributed by atoms with Crippen LogP contribution in [0, 0.1) is 0 Å². The number of likely N-dealkylation sites (tertiary alicyclic amines) is 1. The van der Waals surface area contributed by atoms with Crippen LogP contribution in [0.1, 0.15) is 19.8 Å². The zero-order valence-corrected chi connectivity index (χ0v) is 14.2. The van der Waals surface area contributed by atoms with E-state index in [2.05, 4.69) is 22.3 Å². The van der Waals surface area contributed by atoms with E-state index >= 15 is 0 Å². The number of amides is 1. The van der Waals surface area contributed by atoms with E-state index in [-0.39, 0.29) is 11.9 Å². The Kier molecular flexibility index (Phi) is 5.36. The second-order valence-corrected chi connectivity index (χ2v) is 6.93. The highest BCUT2D eigenvalue weighted by atomic mass is 32.2. The number of nitrogens with zero attached hydrogens (tertiary/aromatic N) is 1. The number of hydrogen-bond donors (Lipinski definition) is 1. The van der Waals surface area contributed by atoms with Crippen LogP contribution in [0.3, 0.4) is 0 Å². The molecular weight excluding hydrogens is 304 g/mol. The number of carbonyl (C=O) groups is 1. The number of rotatable bonds is 5. The topological polar surface area (TPSA) is 32.3 Å². The summed E-state index contributed by atoms with van der Waals surface area (Å²) >= 11 is 1.67. The second kappa shape index (κ2) is 7.66. The Morgan fingerprint density at radius 3 is 2.43 bits per heavy atom. The van der Waals surface area contributed by atoms with Crippen molar-refractivity contribution in [2.45, 2.75) is 35.6 Å². The van der Waals surface area contributed by atoms with Gasteiger partial charge < -0.3 is 5.32 Å². The first-order chi connectivity index (χ1) is 11.2. The van der Waals surface area contributed by atoms with Crippen LogP contribution in [-0.4, -0.2) is 29.9 Å². The fourth-order valence-corrected chi connectivity index (χ4v) is 3.73. The molecule has 3 nitrogen and oxygen atoms in total. The van der Waals surface area contributed by atoms with Gasteiger partial charge >= 0.3 is 0 Å². The van der Waals surface area contributed by atoms with Crippen LogP contribution >= 0.6 is 11.8 Å². The Labute approximate surface area is 142 Å². The lowest BCUT2D eigenvalue weighted by Gasteiger charge is -2.23. The minimum atomic E-state index is -0.0766. The number of para-hydroxylation sites is 1. The van der Waals surface area contributed by atoms with E-state index in [1.807, 2.05) is 49.4 Å². The summed E-state index contributed by atoms with van der Waals surface area (Å²) in [7, 11) is 0. The first kappa shape index (κ1) is 16.1. The summed E-state index contributed by atoms with van der Waals surface area (Å²) in [5.74, 6) is 0.0769. The molecule has 3 rings (SSSR count). The van der Waals surface area contributed by atoms with Crippen LogP contribution in [-0.2, 0) is 4.79 Å². The van der Waals surface area contributed by atoms with E-state index in [0.29, 0.717) is 0 Å².